The number of hydrogen-bond donors (Lipinski definition) is 1. The molecule has 2 aliphatic heterocycles. The third kappa shape index (κ3) is 7.37. The van der Waals surface area contributed by atoms with Gasteiger partial charge in [-0.15, -0.1) is 0 Å². The average Bonchev–Trinajstić information content (AvgIpc) is 2.91. The van der Waals surface area contributed by atoms with Crippen molar-refractivity contribution in [3.05, 3.63) is 66.0 Å². The van der Waals surface area contributed by atoms with Gasteiger partial charge in [0.1, 0.15) is 0 Å². The van der Waals surface area contributed by atoms with Gasteiger partial charge < -0.3 is 10.2 Å². The Bertz CT molecular complexity index is 900. The van der Waals surface area contributed by atoms with Gasteiger partial charge >= 0.3 is 0 Å². The van der Waals surface area contributed by atoms with Crippen molar-refractivity contribution < 1.29 is 9.59 Å². The van der Waals surface area contributed by atoms with E-state index in [1.54, 1.807) is 6.20 Å². The molecule has 1 N–H and O–H groups in total. The van der Waals surface area contributed by atoms with E-state index >= 15 is 0 Å². The number of hydrogen-bond acceptors (Lipinski definition) is 5. The van der Waals surface area contributed by atoms with E-state index in [2.05, 4.69) is 50.4 Å². The second-order valence-corrected chi connectivity index (χ2v) is 9.45. The second-order valence-electron chi connectivity index (χ2n) is 9.45. The molecular formula is C27H37N5O2. The Morgan fingerprint density at radius 3 is 2.38 bits per heavy atom. The number of aromatic nitrogens is 1. The molecule has 1 atom stereocenters. The molecule has 1 aromatic heterocycles. The molecule has 3 heterocycles. The van der Waals surface area contributed by atoms with Crippen molar-refractivity contribution in [2.75, 3.05) is 45.8 Å². The summed E-state index contributed by atoms with van der Waals surface area (Å²) < 4.78 is 0. The normalized spacial score (nSPS) is 21.5. The van der Waals surface area contributed by atoms with Crippen LogP contribution in [0.4, 0.5) is 0 Å². The Morgan fingerprint density at radius 2 is 1.62 bits per heavy atom. The van der Waals surface area contributed by atoms with Crippen molar-refractivity contribution in [1.29, 1.82) is 0 Å². The van der Waals surface area contributed by atoms with Gasteiger partial charge in [0, 0.05) is 77.1 Å². The highest BCUT2D eigenvalue weighted by atomic mass is 16.2. The highest BCUT2D eigenvalue weighted by Gasteiger charge is 2.28. The van der Waals surface area contributed by atoms with E-state index in [1.165, 1.54) is 5.56 Å². The zero-order valence-corrected chi connectivity index (χ0v) is 20.1. The number of carbonyl (C=O) groups excluding carboxylic acids is 2. The topological polar surface area (TPSA) is 68.8 Å². The van der Waals surface area contributed by atoms with E-state index in [1.807, 2.05) is 23.2 Å². The van der Waals surface area contributed by atoms with Crippen LogP contribution in [0.15, 0.2) is 54.9 Å². The number of pyridine rings is 1. The molecular weight excluding hydrogens is 426 g/mol. The smallest absolute Gasteiger partial charge is 0.225 e. The van der Waals surface area contributed by atoms with Crippen molar-refractivity contribution in [3.63, 3.8) is 0 Å². The molecule has 2 aliphatic rings. The first-order chi connectivity index (χ1) is 16.7. The second kappa shape index (κ2) is 12.6. The Kier molecular flexibility index (Phi) is 9.04. The minimum absolute atomic E-state index is 0.0284. The summed E-state index contributed by atoms with van der Waals surface area (Å²) in [5.74, 6) is 0.296. The van der Waals surface area contributed by atoms with Crippen LogP contribution in [0.2, 0.25) is 0 Å². The number of piperazine rings is 1. The van der Waals surface area contributed by atoms with Crippen LogP contribution in [0, 0.1) is 5.92 Å². The Balaban J connectivity index is 1.30. The van der Waals surface area contributed by atoms with Gasteiger partial charge in [-0.25, -0.2) is 0 Å². The van der Waals surface area contributed by atoms with E-state index in [0.717, 1.165) is 77.2 Å². The quantitative estimate of drug-likeness (QED) is 0.738. The zero-order chi connectivity index (χ0) is 23.6. The van der Waals surface area contributed by atoms with Gasteiger partial charge in [-0.3, -0.25) is 24.4 Å². The molecule has 182 valence electrons. The molecule has 34 heavy (non-hydrogen) atoms. The fourth-order valence-electron chi connectivity index (χ4n) is 4.93. The predicted molar refractivity (Wildman–Crippen MR) is 133 cm³/mol. The molecule has 0 spiro atoms. The first-order valence-electron chi connectivity index (χ1n) is 12.6. The first kappa shape index (κ1) is 24.4. The molecule has 1 unspecified atom stereocenters. The fourth-order valence-corrected chi connectivity index (χ4v) is 4.93. The highest BCUT2D eigenvalue weighted by Crippen LogP contribution is 2.19. The van der Waals surface area contributed by atoms with Gasteiger partial charge in [0.25, 0.3) is 0 Å². The Hall–Kier alpha value is -2.77. The molecule has 2 aromatic rings. The van der Waals surface area contributed by atoms with E-state index < -0.39 is 0 Å². The number of benzene rings is 1. The number of nitrogens with zero attached hydrogens (tertiary/aromatic N) is 4. The average molecular weight is 464 g/mol. The molecule has 0 saturated carbocycles. The molecule has 7 nitrogen and oxygen atoms in total. The molecule has 4 rings (SSSR count). The summed E-state index contributed by atoms with van der Waals surface area (Å²) in [6.07, 6.45) is 6.69. The minimum Gasteiger partial charge on any atom is -0.356 e. The summed E-state index contributed by atoms with van der Waals surface area (Å²) in [6, 6.07) is 14.5. The zero-order valence-electron chi connectivity index (χ0n) is 20.1. The maximum atomic E-state index is 13.4. The van der Waals surface area contributed by atoms with Crippen LogP contribution in [0.5, 0.6) is 0 Å². The van der Waals surface area contributed by atoms with Crippen molar-refractivity contribution in [2.45, 2.75) is 38.8 Å². The molecule has 0 aliphatic carbocycles. The molecule has 2 fully saturated rings. The summed E-state index contributed by atoms with van der Waals surface area (Å²) in [4.78, 5) is 36.7. The van der Waals surface area contributed by atoms with Gasteiger partial charge in [-0.05, 0) is 43.0 Å². The fraction of sp³-hybridized carbons (Fsp3) is 0.519. The Labute approximate surface area is 203 Å². The van der Waals surface area contributed by atoms with E-state index in [0.29, 0.717) is 13.0 Å². The van der Waals surface area contributed by atoms with Gasteiger partial charge in [0.05, 0.1) is 0 Å². The van der Waals surface area contributed by atoms with Crippen LogP contribution < -0.4 is 5.32 Å². The third-order valence-electron chi connectivity index (χ3n) is 6.91. The van der Waals surface area contributed by atoms with Gasteiger partial charge in [0.2, 0.25) is 11.8 Å². The minimum atomic E-state index is -0.0284. The lowest BCUT2D eigenvalue weighted by Gasteiger charge is -2.36. The van der Waals surface area contributed by atoms with Crippen LogP contribution in [0.25, 0.3) is 0 Å². The Morgan fingerprint density at radius 1 is 0.882 bits per heavy atom. The summed E-state index contributed by atoms with van der Waals surface area (Å²) in [6.45, 7) is 7.27. The van der Waals surface area contributed by atoms with Crippen LogP contribution >= 0.6 is 0 Å². The van der Waals surface area contributed by atoms with Crippen LogP contribution in [0.3, 0.4) is 0 Å². The van der Waals surface area contributed by atoms with Crippen molar-refractivity contribution in [2.24, 2.45) is 5.92 Å². The predicted octanol–water partition coefficient (Wildman–Crippen LogP) is 2.53. The highest BCUT2D eigenvalue weighted by molar-refractivity contribution is 5.79. The summed E-state index contributed by atoms with van der Waals surface area (Å²) in [5, 5.41) is 3.03. The first-order valence-corrected chi connectivity index (χ1v) is 12.6. The standard InChI is InChI=1S/C27H37N5O2/c33-26-11-15-30(22-24-8-4-12-28-20-24)14-5-9-25(10-13-29-26)27(34)32-18-16-31(17-19-32)21-23-6-2-1-3-7-23/h1-4,6-8,12,20,25H,5,9-11,13-19,21-22H2,(H,29,33). The maximum Gasteiger partial charge on any atom is 0.225 e. The number of nitrogens with one attached hydrogen (secondary N) is 1. The van der Waals surface area contributed by atoms with E-state index in [-0.39, 0.29) is 17.7 Å². The molecule has 2 saturated heterocycles. The number of amides is 2. The molecule has 0 radical (unpaired) electrons. The third-order valence-corrected chi connectivity index (χ3v) is 6.91. The van der Waals surface area contributed by atoms with E-state index in [4.69, 9.17) is 0 Å². The molecule has 2 amide bonds. The summed E-state index contributed by atoms with van der Waals surface area (Å²) in [5.41, 5.74) is 2.47. The van der Waals surface area contributed by atoms with Crippen LogP contribution in [-0.2, 0) is 22.7 Å². The SMILES string of the molecule is O=C1CCN(Cc2cccnc2)CCCC(C(=O)N2CCN(Cc3ccccc3)CC2)CCN1. The van der Waals surface area contributed by atoms with Crippen LogP contribution in [0.1, 0.15) is 36.8 Å². The van der Waals surface area contributed by atoms with Crippen molar-refractivity contribution >= 4 is 11.8 Å². The van der Waals surface area contributed by atoms with Crippen LogP contribution in [-0.4, -0.2) is 77.3 Å². The molecule has 1 aromatic carbocycles. The van der Waals surface area contributed by atoms with Gasteiger partial charge in [-0.1, -0.05) is 36.4 Å². The van der Waals surface area contributed by atoms with Gasteiger partial charge in [0.15, 0.2) is 0 Å². The monoisotopic (exact) mass is 463 g/mol. The largest absolute Gasteiger partial charge is 0.356 e. The molecule has 7 heteroatoms. The number of carbonyl (C=O) groups is 2. The summed E-state index contributed by atoms with van der Waals surface area (Å²) >= 11 is 0. The lowest BCUT2D eigenvalue weighted by atomic mass is 9.97. The maximum absolute atomic E-state index is 13.4. The van der Waals surface area contributed by atoms with Crippen molar-refractivity contribution in [3.8, 4) is 0 Å². The van der Waals surface area contributed by atoms with Gasteiger partial charge in [-0.2, -0.15) is 0 Å². The van der Waals surface area contributed by atoms with Crippen molar-refractivity contribution in [1.82, 2.24) is 25.0 Å². The lowest BCUT2D eigenvalue weighted by Crippen LogP contribution is -2.50. The summed E-state index contributed by atoms with van der Waals surface area (Å²) in [7, 11) is 0. The lowest BCUT2D eigenvalue weighted by molar-refractivity contribution is -0.138. The number of rotatable bonds is 5. The van der Waals surface area contributed by atoms with E-state index in [9.17, 15) is 9.59 Å². The molecule has 0 bridgehead atoms.